The summed E-state index contributed by atoms with van der Waals surface area (Å²) in [6.45, 7) is 4.08. The molecule has 1 aliphatic heterocycles. The number of aliphatic imine (C=N–C) groups is 1. The van der Waals surface area contributed by atoms with E-state index in [1.54, 1.807) is 45.2 Å². The van der Waals surface area contributed by atoms with Crippen molar-refractivity contribution in [3.63, 3.8) is 0 Å². The van der Waals surface area contributed by atoms with Gasteiger partial charge in [-0.3, -0.25) is 9.79 Å². The predicted molar refractivity (Wildman–Crippen MR) is 119 cm³/mol. The summed E-state index contributed by atoms with van der Waals surface area (Å²) in [6.07, 6.45) is 5.35. The second-order valence-corrected chi connectivity index (χ2v) is 9.42. The fraction of sp³-hybridized carbons (Fsp3) is 0.444. The quantitative estimate of drug-likeness (QED) is 0.281. The molecule has 0 saturated carbocycles. The number of nitrogens with one attached hydrogen (secondary N) is 2. The average Bonchev–Trinajstić information content (AvgIpc) is 2.58. The molecule has 1 saturated heterocycles. The van der Waals surface area contributed by atoms with Crippen LogP contribution in [0.3, 0.4) is 0 Å². The topological polar surface area (TPSA) is 90.9 Å². The van der Waals surface area contributed by atoms with E-state index in [4.69, 9.17) is 6.42 Å². The molecule has 0 spiro atoms. The fourth-order valence-electron chi connectivity index (χ4n) is 2.71. The van der Waals surface area contributed by atoms with Crippen LogP contribution in [0.2, 0.25) is 0 Å². The third-order valence-corrected chi connectivity index (χ3v) is 6.81. The van der Waals surface area contributed by atoms with Crippen LogP contribution in [0, 0.1) is 12.3 Å². The second kappa shape index (κ2) is 9.41. The number of benzene rings is 1. The molecule has 1 aromatic rings. The zero-order valence-electron chi connectivity index (χ0n) is 15.7. The summed E-state index contributed by atoms with van der Waals surface area (Å²) in [7, 11) is -1.53. The van der Waals surface area contributed by atoms with Crippen molar-refractivity contribution < 1.29 is 13.2 Å². The molecule has 2 N–H and O–H groups in total. The first-order chi connectivity index (χ1) is 12.2. The summed E-state index contributed by atoms with van der Waals surface area (Å²) >= 11 is 0. The zero-order valence-corrected chi connectivity index (χ0v) is 18.8. The van der Waals surface area contributed by atoms with E-state index in [0.717, 1.165) is 0 Å². The molecule has 9 heteroatoms. The van der Waals surface area contributed by atoms with Crippen molar-refractivity contribution in [1.82, 2.24) is 10.2 Å². The number of hydrogen-bond donors (Lipinski definition) is 2. The van der Waals surface area contributed by atoms with Crippen LogP contribution < -0.4 is 10.6 Å². The molecule has 0 aromatic heterocycles. The third kappa shape index (κ3) is 5.84. The zero-order chi connectivity index (χ0) is 19.4. The first-order valence-electron chi connectivity index (χ1n) is 8.23. The Morgan fingerprint density at radius 1 is 1.41 bits per heavy atom. The lowest BCUT2D eigenvalue weighted by Gasteiger charge is -2.39. The van der Waals surface area contributed by atoms with Crippen molar-refractivity contribution in [2.24, 2.45) is 4.99 Å². The van der Waals surface area contributed by atoms with Gasteiger partial charge in [0.25, 0.3) is 0 Å². The lowest BCUT2D eigenvalue weighted by atomic mass is 10.2. The van der Waals surface area contributed by atoms with E-state index in [1.807, 2.05) is 4.90 Å². The molecule has 2 rings (SSSR count). The van der Waals surface area contributed by atoms with Crippen LogP contribution >= 0.6 is 24.0 Å². The molecule has 0 bridgehead atoms. The molecule has 0 atom stereocenters. The molecule has 0 aliphatic carbocycles. The van der Waals surface area contributed by atoms with Gasteiger partial charge >= 0.3 is 0 Å². The largest absolute Gasteiger partial charge is 0.347 e. The van der Waals surface area contributed by atoms with E-state index < -0.39 is 14.6 Å². The second-order valence-electron chi connectivity index (χ2n) is 6.67. The number of halogens is 1. The smallest absolute Gasteiger partial charge is 0.243 e. The minimum Gasteiger partial charge on any atom is -0.347 e. The van der Waals surface area contributed by atoms with Crippen LogP contribution in [-0.2, 0) is 14.6 Å². The van der Waals surface area contributed by atoms with Crippen LogP contribution in [0.1, 0.15) is 19.4 Å². The maximum atomic E-state index is 12.2. The summed E-state index contributed by atoms with van der Waals surface area (Å²) < 4.78 is 23.4. The number of nitrogens with zero attached hydrogens (tertiary/aromatic N) is 2. The Bertz CT molecular complexity index is 860. The number of carbonyl (C=O) groups is 1. The maximum Gasteiger partial charge on any atom is 0.243 e. The van der Waals surface area contributed by atoms with E-state index >= 15 is 0 Å². The van der Waals surface area contributed by atoms with Crippen molar-refractivity contribution in [1.29, 1.82) is 0 Å². The molecular weight excluding hydrogens is 479 g/mol. The van der Waals surface area contributed by atoms with Crippen molar-refractivity contribution in [3.8, 4) is 12.3 Å². The molecule has 1 heterocycles. The Kier molecular flexibility index (Phi) is 8.10. The van der Waals surface area contributed by atoms with Crippen molar-refractivity contribution in [2.45, 2.75) is 18.6 Å². The summed E-state index contributed by atoms with van der Waals surface area (Å²) in [5.74, 6) is 2.83. The molecular formula is C18H25IN4O3S. The van der Waals surface area contributed by atoms with Gasteiger partial charge in [0, 0.05) is 31.4 Å². The Hall–Kier alpha value is -1.80. The van der Waals surface area contributed by atoms with Gasteiger partial charge in [-0.05, 0) is 32.0 Å². The third-order valence-electron chi connectivity index (χ3n) is 4.27. The van der Waals surface area contributed by atoms with Crippen LogP contribution in [0.4, 0.5) is 5.69 Å². The standard InChI is InChI=1S/C18H24N4O3S.HI/c1-5-14-7-6-8-15(11-14)21-16(23)12-20-17(19-4)22-9-10-26(24,25)18(2,3)13-22;/h1,6-8,11H,9-10,12-13H2,2-4H3,(H,19,20)(H,21,23);1H. The first kappa shape index (κ1) is 23.2. The number of anilines is 1. The fourth-order valence-corrected chi connectivity index (χ4v) is 4.07. The highest BCUT2D eigenvalue weighted by Gasteiger charge is 2.40. The van der Waals surface area contributed by atoms with Crippen molar-refractivity contribution in [2.75, 3.05) is 37.8 Å². The van der Waals surface area contributed by atoms with E-state index in [-0.39, 0.29) is 42.2 Å². The van der Waals surface area contributed by atoms with Gasteiger partial charge in [0.15, 0.2) is 15.8 Å². The number of carbonyl (C=O) groups excluding carboxylic acids is 1. The van der Waals surface area contributed by atoms with E-state index in [9.17, 15) is 13.2 Å². The Morgan fingerprint density at radius 3 is 2.70 bits per heavy atom. The van der Waals surface area contributed by atoms with Gasteiger partial charge in [-0.2, -0.15) is 0 Å². The van der Waals surface area contributed by atoms with Crippen LogP contribution in [0.15, 0.2) is 29.3 Å². The molecule has 1 aromatic carbocycles. The van der Waals surface area contributed by atoms with Gasteiger partial charge in [-0.15, -0.1) is 30.4 Å². The van der Waals surface area contributed by atoms with Crippen LogP contribution in [0.5, 0.6) is 0 Å². The highest BCUT2D eigenvalue weighted by atomic mass is 127. The highest BCUT2D eigenvalue weighted by Crippen LogP contribution is 2.23. The number of sulfone groups is 1. The lowest BCUT2D eigenvalue weighted by molar-refractivity contribution is -0.115. The first-order valence-corrected chi connectivity index (χ1v) is 9.88. The number of guanidine groups is 1. The monoisotopic (exact) mass is 504 g/mol. The summed E-state index contributed by atoms with van der Waals surface area (Å²) in [6, 6.07) is 7.02. The van der Waals surface area contributed by atoms with Crippen molar-refractivity contribution in [3.05, 3.63) is 29.8 Å². The number of amides is 1. The summed E-state index contributed by atoms with van der Waals surface area (Å²) in [5.41, 5.74) is 1.30. The number of terminal acetylenes is 1. The summed E-state index contributed by atoms with van der Waals surface area (Å²) in [4.78, 5) is 18.2. The molecule has 1 amide bonds. The Labute approximate surface area is 177 Å². The SMILES string of the molecule is C#Cc1cccc(NC(=O)CNC(=NC)N2CCS(=O)(=O)C(C)(C)C2)c1.I. The van der Waals surface area contributed by atoms with Gasteiger partial charge in [-0.1, -0.05) is 12.0 Å². The van der Waals surface area contributed by atoms with Crippen LogP contribution in [0.25, 0.3) is 0 Å². The molecule has 0 unspecified atom stereocenters. The molecule has 1 aliphatic rings. The van der Waals surface area contributed by atoms with E-state index in [0.29, 0.717) is 30.3 Å². The Morgan fingerprint density at radius 2 is 2.11 bits per heavy atom. The predicted octanol–water partition coefficient (Wildman–Crippen LogP) is 1.31. The average molecular weight is 504 g/mol. The van der Waals surface area contributed by atoms with Crippen LogP contribution in [-0.4, -0.2) is 62.4 Å². The van der Waals surface area contributed by atoms with Gasteiger partial charge in [0.2, 0.25) is 5.91 Å². The highest BCUT2D eigenvalue weighted by molar-refractivity contribution is 14.0. The molecule has 148 valence electrons. The molecule has 1 fully saturated rings. The maximum absolute atomic E-state index is 12.2. The van der Waals surface area contributed by atoms with Gasteiger partial charge in [-0.25, -0.2) is 8.42 Å². The minimum absolute atomic E-state index is 0. The number of rotatable bonds is 3. The summed E-state index contributed by atoms with van der Waals surface area (Å²) in [5, 5.41) is 5.74. The van der Waals surface area contributed by atoms with Gasteiger partial charge in [0.05, 0.1) is 17.0 Å². The lowest BCUT2D eigenvalue weighted by Crippen LogP contribution is -2.57. The van der Waals surface area contributed by atoms with E-state index in [2.05, 4.69) is 21.5 Å². The minimum atomic E-state index is -3.13. The normalized spacial score (nSPS) is 18.0. The molecule has 27 heavy (non-hydrogen) atoms. The van der Waals surface area contributed by atoms with Gasteiger partial charge < -0.3 is 15.5 Å². The Balaban J connectivity index is 0.00000364. The molecule has 7 nitrogen and oxygen atoms in total. The number of hydrogen-bond acceptors (Lipinski definition) is 4. The van der Waals surface area contributed by atoms with Crippen molar-refractivity contribution >= 4 is 51.4 Å². The van der Waals surface area contributed by atoms with E-state index in [1.165, 1.54) is 0 Å². The molecule has 0 radical (unpaired) electrons. The van der Waals surface area contributed by atoms with Gasteiger partial charge in [0.1, 0.15) is 0 Å².